The standard InChI is InChI=1S/C17H25NO/c1-5-6-7-8-12(3)15-14-10-11(2)9-13(4)16(14)18-17(15)19/h9-10,12,15H,5-8H2,1-4H3,(H,18,19). The van der Waals surface area contributed by atoms with Crippen LogP contribution in [-0.2, 0) is 4.79 Å². The normalized spacial score (nSPS) is 19.2. The molecule has 1 heterocycles. The smallest absolute Gasteiger partial charge is 0.232 e. The monoisotopic (exact) mass is 259 g/mol. The first-order valence-electron chi connectivity index (χ1n) is 7.46. The summed E-state index contributed by atoms with van der Waals surface area (Å²) in [5.74, 6) is 0.659. The number of unbranched alkanes of at least 4 members (excludes halogenated alkanes) is 2. The van der Waals surface area contributed by atoms with Gasteiger partial charge >= 0.3 is 0 Å². The van der Waals surface area contributed by atoms with Crippen molar-refractivity contribution in [3.63, 3.8) is 0 Å². The lowest BCUT2D eigenvalue weighted by molar-refractivity contribution is -0.118. The van der Waals surface area contributed by atoms with Gasteiger partial charge in [0, 0.05) is 5.69 Å². The fourth-order valence-corrected chi connectivity index (χ4v) is 3.21. The van der Waals surface area contributed by atoms with Gasteiger partial charge in [-0.1, -0.05) is 50.8 Å². The number of benzene rings is 1. The van der Waals surface area contributed by atoms with Crippen LogP contribution in [0.4, 0.5) is 5.69 Å². The lowest BCUT2D eigenvalue weighted by Crippen LogP contribution is -2.19. The highest BCUT2D eigenvalue weighted by atomic mass is 16.2. The van der Waals surface area contributed by atoms with Crippen LogP contribution in [-0.4, -0.2) is 5.91 Å². The molecule has 1 aliphatic rings. The molecule has 2 unspecified atom stereocenters. The molecule has 2 rings (SSSR count). The Kier molecular flexibility index (Phi) is 4.28. The van der Waals surface area contributed by atoms with Gasteiger partial charge in [-0.25, -0.2) is 0 Å². The average molecular weight is 259 g/mol. The highest BCUT2D eigenvalue weighted by Gasteiger charge is 2.35. The zero-order valence-corrected chi connectivity index (χ0v) is 12.5. The molecule has 2 nitrogen and oxygen atoms in total. The minimum Gasteiger partial charge on any atom is -0.325 e. The molecule has 0 saturated carbocycles. The van der Waals surface area contributed by atoms with Gasteiger partial charge in [-0.2, -0.15) is 0 Å². The summed E-state index contributed by atoms with van der Waals surface area (Å²) in [5, 5.41) is 3.08. The van der Waals surface area contributed by atoms with Gasteiger partial charge in [-0.15, -0.1) is 0 Å². The SMILES string of the molecule is CCCCCC(C)C1C(=O)Nc2c(C)cc(C)cc21. The highest BCUT2D eigenvalue weighted by molar-refractivity contribution is 6.04. The minimum atomic E-state index is 0.0467. The summed E-state index contributed by atoms with van der Waals surface area (Å²) in [5.41, 5.74) is 4.71. The van der Waals surface area contributed by atoms with Gasteiger partial charge in [-0.05, 0) is 37.3 Å². The number of amides is 1. The topological polar surface area (TPSA) is 29.1 Å². The van der Waals surface area contributed by atoms with Crippen LogP contribution in [0.3, 0.4) is 0 Å². The zero-order valence-electron chi connectivity index (χ0n) is 12.5. The fraction of sp³-hybridized carbons (Fsp3) is 0.588. The fourth-order valence-electron chi connectivity index (χ4n) is 3.21. The predicted molar refractivity (Wildman–Crippen MR) is 80.6 cm³/mol. The molecule has 0 aromatic heterocycles. The van der Waals surface area contributed by atoms with Gasteiger partial charge in [0.15, 0.2) is 0 Å². The summed E-state index contributed by atoms with van der Waals surface area (Å²) in [6, 6.07) is 4.32. The molecule has 1 aromatic rings. The Morgan fingerprint density at radius 2 is 2.00 bits per heavy atom. The molecular formula is C17H25NO. The second-order valence-electron chi connectivity index (χ2n) is 5.99. The van der Waals surface area contributed by atoms with Crippen LogP contribution in [0, 0.1) is 19.8 Å². The Morgan fingerprint density at radius 1 is 1.26 bits per heavy atom. The number of hydrogen-bond acceptors (Lipinski definition) is 1. The Bertz CT molecular complexity index is 478. The number of nitrogens with one attached hydrogen (secondary N) is 1. The summed E-state index contributed by atoms with van der Waals surface area (Å²) in [4.78, 5) is 12.3. The molecule has 104 valence electrons. The van der Waals surface area contributed by atoms with Crippen LogP contribution in [0.15, 0.2) is 12.1 Å². The molecule has 1 amide bonds. The van der Waals surface area contributed by atoms with Crippen molar-refractivity contribution in [1.82, 2.24) is 0 Å². The van der Waals surface area contributed by atoms with Crippen molar-refractivity contribution in [1.29, 1.82) is 0 Å². The van der Waals surface area contributed by atoms with Crippen molar-refractivity contribution < 1.29 is 4.79 Å². The quantitative estimate of drug-likeness (QED) is 0.772. The third-order valence-corrected chi connectivity index (χ3v) is 4.21. The Morgan fingerprint density at radius 3 is 2.68 bits per heavy atom. The summed E-state index contributed by atoms with van der Waals surface area (Å²) < 4.78 is 0. The second kappa shape index (κ2) is 5.77. The van der Waals surface area contributed by atoms with E-state index in [1.807, 2.05) is 0 Å². The van der Waals surface area contributed by atoms with Gasteiger partial charge in [0.05, 0.1) is 5.92 Å². The van der Waals surface area contributed by atoms with E-state index < -0.39 is 0 Å². The predicted octanol–water partition coefficient (Wildman–Crippen LogP) is 4.56. The Labute approximate surface area is 116 Å². The maximum absolute atomic E-state index is 12.3. The highest BCUT2D eigenvalue weighted by Crippen LogP contribution is 2.41. The maximum atomic E-state index is 12.3. The van der Waals surface area contributed by atoms with Crippen LogP contribution in [0.1, 0.15) is 62.1 Å². The molecular weight excluding hydrogens is 234 g/mol. The van der Waals surface area contributed by atoms with Gasteiger partial charge in [-0.3, -0.25) is 4.79 Å². The molecule has 2 heteroatoms. The zero-order chi connectivity index (χ0) is 14.0. The first kappa shape index (κ1) is 14.1. The summed E-state index contributed by atoms with van der Waals surface area (Å²) >= 11 is 0. The van der Waals surface area contributed by atoms with Gasteiger partial charge in [0.25, 0.3) is 0 Å². The Hall–Kier alpha value is -1.31. The Balaban J connectivity index is 2.22. The lowest BCUT2D eigenvalue weighted by atomic mass is 9.84. The van der Waals surface area contributed by atoms with E-state index in [9.17, 15) is 4.79 Å². The first-order valence-corrected chi connectivity index (χ1v) is 7.46. The molecule has 1 aliphatic heterocycles. The van der Waals surface area contributed by atoms with Crippen LogP contribution in [0.5, 0.6) is 0 Å². The van der Waals surface area contributed by atoms with E-state index in [-0.39, 0.29) is 11.8 Å². The van der Waals surface area contributed by atoms with Crippen molar-refractivity contribution in [2.24, 2.45) is 5.92 Å². The molecule has 1 aromatic carbocycles. The number of anilines is 1. The number of hydrogen-bond donors (Lipinski definition) is 1. The van der Waals surface area contributed by atoms with Crippen molar-refractivity contribution in [3.05, 3.63) is 28.8 Å². The maximum Gasteiger partial charge on any atom is 0.232 e. The average Bonchev–Trinajstić information content (AvgIpc) is 2.66. The summed E-state index contributed by atoms with van der Waals surface area (Å²) in [6.45, 7) is 8.62. The van der Waals surface area contributed by atoms with E-state index in [4.69, 9.17) is 0 Å². The first-order chi connectivity index (χ1) is 9.04. The van der Waals surface area contributed by atoms with E-state index in [0.717, 1.165) is 12.1 Å². The lowest BCUT2D eigenvalue weighted by Gasteiger charge is -2.18. The molecule has 0 saturated heterocycles. The molecule has 0 spiro atoms. The summed E-state index contributed by atoms with van der Waals surface area (Å²) in [6.07, 6.45) is 4.86. The molecule has 19 heavy (non-hydrogen) atoms. The van der Waals surface area contributed by atoms with Gasteiger partial charge < -0.3 is 5.32 Å². The van der Waals surface area contributed by atoms with Crippen molar-refractivity contribution >= 4 is 11.6 Å². The van der Waals surface area contributed by atoms with E-state index >= 15 is 0 Å². The molecule has 1 N–H and O–H groups in total. The van der Waals surface area contributed by atoms with Crippen molar-refractivity contribution in [3.8, 4) is 0 Å². The number of carbonyl (C=O) groups is 1. The van der Waals surface area contributed by atoms with Gasteiger partial charge in [0.2, 0.25) is 5.91 Å². The van der Waals surface area contributed by atoms with E-state index in [1.165, 1.54) is 36.0 Å². The molecule has 0 fully saturated rings. The number of carbonyl (C=O) groups excluding carboxylic acids is 1. The number of rotatable bonds is 5. The third-order valence-electron chi connectivity index (χ3n) is 4.21. The number of fused-ring (bicyclic) bond motifs is 1. The molecule has 0 bridgehead atoms. The van der Waals surface area contributed by atoms with E-state index in [1.54, 1.807) is 0 Å². The van der Waals surface area contributed by atoms with Crippen LogP contribution in [0.25, 0.3) is 0 Å². The number of aryl methyl sites for hydroxylation is 2. The largest absolute Gasteiger partial charge is 0.325 e. The summed E-state index contributed by atoms with van der Waals surface area (Å²) in [7, 11) is 0. The van der Waals surface area contributed by atoms with E-state index in [2.05, 4.69) is 45.1 Å². The van der Waals surface area contributed by atoms with Crippen LogP contribution in [0.2, 0.25) is 0 Å². The van der Waals surface area contributed by atoms with E-state index in [0.29, 0.717) is 5.92 Å². The van der Waals surface area contributed by atoms with Crippen molar-refractivity contribution in [2.75, 3.05) is 5.32 Å². The third kappa shape index (κ3) is 2.83. The molecule has 2 atom stereocenters. The van der Waals surface area contributed by atoms with Crippen LogP contribution < -0.4 is 5.32 Å². The molecule has 0 aliphatic carbocycles. The van der Waals surface area contributed by atoms with Crippen LogP contribution >= 0.6 is 0 Å². The minimum absolute atomic E-state index is 0.0467. The van der Waals surface area contributed by atoms with Gasteiger partial charge in [0.1, 0.15) is 0 Å². The molecule has 0 radical (unpaired) electrons. The second-order valence-corrected chi connectivity index (χ2v) is 5.99. The van der Waals surface area contributed by atoms with Crippen molar-refractivity contribution in [2.45, 2.75) is 59.3 Å².